The van der Waals surface area contributed by atoms with Crippen molar-refractivity contribution in [1.82, 2.24) is 9.13 Å². The molecule has 7 aromatic carbocycles. The summed E-state index contributed by atoms with van der Waals surface area (Å²) in [7, 11) is -2.16. The Balaban J connectivity index is 1.49. The second-order valence-electron chi connectivity index (χ2n) is 12.9. The number of para-hydroxylation sites is 2. The highest BCUT2D eigenvalue weighted by Gasteiger charge is 2.31. The number of fused-ring (bicyclic) bond motifs is 2. The van der Waals surface area contributed by atoms with E-state index in [1.54, 1.807) is 0 Å². The first-order valence-electron chi connectivity index (χ1n) is 16.6. The van der Waals surface area contributed by atoms with E-state index in [2.05, 4.69) is 130 Å². The molecule has 13 rings (SSSR count). The Labute approximate surface area is 282 Å². The summed E-state index contributed by atoms with van der Waals surface area (Å²) < 4.78 is 32.7. The van der Waals surface area contributed by atoms with Crippen LogP contribution in [0.5, 0.6) is 0 Å². The van der Waals surface area contributed by atoms with Gasteiger partial charge < -0.3 is 26.8 Å². The van der Waals surface area contributed by atoms with Crippen LogP contribution in [0, 0.1) is 0 Å². The minimum atomic E-state index is -1.08. The fraction of sp³-hybridized carbons (Fsp3) is 0. The molecule has 2 unspecified atom stereocenters. The van der Waals surface area contributed by atoms with Gasteiger partial charge in [0.15, 0.2) is 11.2 Å². The number of aromatic nitrogens is 2. The molecule has 0 aliphatic heterocycles. The van der Waals surface area contributed by atoms with Gasteiger partial charge in [0.1, 0.15) is 44.5 Å². The van der Waals surface area contributed by atoms with Crippen molar-refractivity contribution in [3.8, 4) is 11.4 Å². The van der Waals surface area contributed by atoms with Crippen LogP contribution in [0.3, 0.4) is 0 Å². The Kier molecular flexibility index (Phi) is 4.63. The molecule has 0 fully saturated rings. The molecule has 8 heteroatoms. The summed E-state index contributed by atoms with van der Waals surface area (Å²) in [5.74, 6) is 0. The molecule has 6 heterocycles. The molecule has 0 saturated carbocycles. The van der Waals surface area contributed by atoms with Crippen LogP contribution in [-0.2, 0) is 0 Å². The van der Waals surface area contributed by atoms with E-state index in [1.165, 1.54) is 10.2 Å². The quantitative estimate of drug-likeness (QED) is 0.135. The zero-order valence-electron chi connectivity index (χ0n) is 26.1. The molecule has 6 nitrogen and oxygen atoms in total. The molecule has 0 radical (unpaired) electrons. The van der Waals surface area contributed by atoms with Crippen molar-refractivity contribution < 1.29 is 17.7 Å². The van der Waals surface area contributed by atoms with Crippen LogP contribution in [-0.4, -0.2) is 9.13 Å². The highest BCUT2D eigenvalue weighted by Crippen LogP contribution is 2.62. The van der Waals surface area contributed by atoms with E-state index >= 15 is 0 Å². The van der Waals surface area contributed by atoms with Crippen molar-refractivity contribution in [3.05, 3.63) is 133 Å². The van der Waals surface area contributed by atoms with Crippen molar-refractivity contribution in [2.45, 2.75) is 0 Å². The van der Waals surface area contributed by atoms with Crippen LogP contribution in [0.15, 0.2) is 151 Å². The maximum absolute atomic E-state index is 7.29. The van der Waals surface area contributed by atoms with E-state index in [0.717, 1.165) is 98.6 Å². The normalized spacial score (nSPS) is 13.5. The lowest BCUT2D eigenvalue weighted by Gasteiger charge is -2.26. The first-order valence-corrected chi connectivity index (χ1v) is 19.3. The smallest absolute Gasteiger partial charge is 0.166 e. The molecule has 0 spiro atoms. The second-order valence-corrected chi connectivity index (χ2v) is 17.0. The van der Waals surface area contributed by atoms with Gasteiger partial charge in [0.25, 0.3) is 0 Å². The summed E-state index contributed by atoms with van der Waals surface area (Å²) >= 11 is 0. The van der Waals surface area contributed by atoms with Crippen molar-refractivity contribution in [3.63, 3.8) is 0 Å². The fourth-order valence-corrected chi connectivity index (χ4v) is 14.2. The lowest BCUT2D eigenvalue weighted by molar-refractivity contribution is 0.647. The summed E-state index contributed by atoms with van der Waals surface area (Å²) in [6.07, 6.45) is 0. The Bertz CT molecular complexity index is 3310. The molecular weight excluding hydrogens is 658 g/mol. The highest BCUT2D eigenvalue weighted by atomic mass is 31.1. The SMILES string of the molecule is c1ccc(-n2c3cccc4oc5cccc6oc7c8c9c(oc%10cccc%11oc%12cccc(c%12p9c%11%10)n8-c8ccccc8)c2c7p(c56)c43)cc1. The first kappa shape index (κ1) is 25.9. The molecule has 0 amide bonds. The number of hydrogen-bond donors (Lipinski definition) is 0. The van der Waals surface area contributed by atoms with Crippen molar-refractivity contribution in [1.29, 1.82) is 0 Å². The molecular formula is C42H22N2O4P2. The minimum absolute atomic E-state index is 0.849. The van der Waals surface area contributed by atoms with Gasteiger partial charge in [-0.15, -0.1) is 0 Å². The molecule has 0 aliphatic carbocycles. The van der Waals surface area contributed by atoms with Crippen LogP contribution >= 0.6 is 14.7 Å². The number of nitrogens with zero attached hydrogens (tertiary/aromatic N) is 2. The molecule has 2 atom stereocenters. The zero-order chi connectivity index (χ0) is 32.2. The van der Waals surface area contributed by atoms with Gasteiger partial charge in [0.05, 0.1) is 41.7 Å². The highest BCUT2D eigenvalue weighted by molar-refractivity contribution is 7.65. The molecule has 0 N–H and O–H groups in total. The molecule has 50 heavy (non-hydrogen) atoms. The van der Waals surface area contributed by atoms with E-state index in [4.69, 9.17) is 17.7 Å². The minimum Gasteiger partial charge on any atom is -0.455 e. The van der Waals surface area contributed by atoms with Gasteiger partial charge in [0, 0.05) is 11.4 Å². The number of hydrogen-bond acceptors (Lipinski definition) is 4. The van der Waals surface area contributed by atoms with Crippen LogP contribution in [0.4, 0.5) is 0 Å². The lowest BCUT2D eigenvalue weighted by Crippen LogP contribution is -2.05. The third kappa shape index (κ3) is 2.97. The van der Waals surface area contributed by atoms with Crippen LogP contribution in [0.1, 0.15) is 0 Å². The third-order valence-electron chi connectivity index (χ3n) is 10.4. The van der Waals surface area contributed by atoms with Gasteiger partial charge >= 0.3 is 0 Å². The Morgan fingerprint density at radius 2 is 0.680 bits per heavy atom. The maximum Gasteiger partial charge on any atom is 0.166 e. The number of benzene rings is 7. The van der Waals surface area contributed by atoms with Crippen LogP contribution in [0.2, 0.25) is 0 Å². The Morgan fingerprint density at radius 1 is 0.320 bits per heavy atom. The summed E-state index contributed by atoms with van der Waals surface area (Å²) in [6.45, 7) is 0. The third-order valence-corrected chi connectivity index (χ3v) is 15.6. The molecule has 234 valence electrons. The van der Waals surface area contributed by atoms with Crippen LogP contribution in [0.25, 0.3) is 109 Å². The van der Waals surface area contributed by atoms with Crippen LogP contribution < -0.4 is 0 Å². The van der Waals surface area contributed by atoms with Gasteiger partial charge in [-0.3, -0.25) is 0 Å². The average Bonchev–Trinajstić information content (AvgIpc) is 3.17. The lowest BCUT2D eigenvalue weighted by atomic mass is 10.2. The van der Waals surface area contributed by atoms with Crippen molar-refractivity contribution >= 4 is 112 Å². The zero-order valence-corrected chi connectivity index (χ0v) is 27.9. The largest absolute Gasteiger partial charge is 0.455 e. The first-order chi connectivity index (χ1) is 24.8. The summed E-state index contributed by atoms with van der Waals surface area (Å²) in [5, 5.41) is 6.96. The molecule has 13 aromatic rings. The average molecular weight is 681 g/mol. The van der Waals surface area contributed by atoms with Gasteiger partial charge in [-0.1, -0.05) is 75.3 Å². The monoisotopic (exact) mass is 680 g/mol. The van der Waals surface area contributed by atoms with E-state index < -0.39 is 14.7 Å². The van der Waals surface area contributed by atoms with E-state index in [-0.39, 0.29) is 0 Å². The predicted molar refractivity (Wildman–Crippen MR) is 206 cm³/mol. The summed E-state index contributed by atoms with van der Waals surface area (Å²) in [6, 6.07) is 46.6. The van der Waals surface area contributed by atoms with E-state index in [1.807, 2.05) is 12.1 Å². The second kappa shape index (κ2) is 8.94. The Morgan fingerprint density at radius 3 is 1.10 bits per heavy atom. The van der Waals surface area contributed by atoms with Gasteiger partial charge in [-0.05, 0) is 72.8 Å². The predicted octanol–water partition coefficient (Wildman–Crippen LogP) is 13.7. The van der Waals surface area contributed by atoms with Gasteiger partial charge in [-0.25, -0.2) is 0 Å². The standard InChI is InChI=1S/C42H22N2O4P2/c1-3-11-23(12-4-1)43-25-15-7-17-27-37(25)49-39-29(45-27)19-10-22-32(39)48-36-34-42-35(33(43)41(36)49)47-31-21-9-20-30-40(31)50(42)38-26(16-8-18-28(38)46-30)44(34)24-13-5-2-6-14-24/h1-22H. The molecule has 0 aliphatic rings. The van der Waals surface area contributed by atoms with Crippen molar-refractivity contribution in [2.24, 2.45) is 0 Å². The topological polar surface area (TPSA) is 62.4 Å². The fourth-order valence-electron chi connectivity index (χ4n) is 8.51. The Hall–Kier alpha value is -6.06. The maximum atomic E-state index is 7.29. The molecule has 6 aromatic heterocycles. The summed E-state index contributed by atoms with van der Waals surface area (Å²) in [5.41, 5.74) is 13.4. The van der Waals surface area contributed by atoms with Crippen molar-refractivity contribution in [2.75, 3.05) is 0 Å². The van der Waals surface area contributed by atoms with Gasteiger partial charge in [0.2, 0.25) is 0 Å². The molecule has 0 saturated heterocycles. The van der Waals surface area contributed by atoms with E-state index in [0.29, 0.717) is 0 Å². The van der Waals surface area contributed by atoms with E-state index in [9.17, 15) is 0 Å². The summed E-state index contributed by atoms with van der Waals surface area (Å²) in [4.78, 5) is 0. The number of rotatable bonds is 2. The molecule has 0 bridgehead atoms. The van der Waals surface area contributed by atoms with Gasteiger partial charge in [-0.2, -0.15) is 0 Å².